The van der Waals surface area contributed by atoms with Crippen LogP contribution >= 0.6 is 0 Å². The van der Waals surface area contributed by atoms with E-state index in [1.54, 1.807) is 0 Å². The number of hydrogen-bond acceptors (Lipinski definition) is 5. The van der Waals surface area contributed by atoms with Crippen LogP contribution in [0.25, 0.3) is 0 Å². The Morgan fingerprint density at radius 1 is 1.14 bits per heavy atom. The lowest BCUT2D eigenvalue weighted by atomic mass is 10.1. The Balaban J connectivity index is 1.94. The van der Waals surface area contributed by atoms with Gasteiger partial charge in [-0.15, -0.1) is 0 Å². The maximum atomic E-state index is 12.8. The largest absolute Gasteiger partial charge is 0.484 e. The number of nitrogens with zero attached hydrogens (tertiary/aromatic N) is 1. The fraction of sp³-hybridized carbons (Fsp3) is 0.263. The van der Waals surface area contributed by atoms with E-state index in [9.17, 15) is 18.0 Å². The Morgan fingerprint density at radius 3 is 2.36 bits per heavy atom. The van der Waals surface area contributed by atoms with Gasteiger partial charge in [-0.25, -0.2) is 8.42 Å². The van der Waals surface area contributed by atoms with Gasteiger partial charge < -0.3 is 15.4 Å². The molecule has 0 spiro atoms. The summed E-state index contributed by atoms with van der Waals surface area (Å²) >= 11 is 0. The van der Waals surface area contributed by atoms with E-state index in [0.29, 0.717) is 18.0 Å². The molecule has 0 aliphatic carbocycles. The summed E-state index contributed by atoms with van der Waals surface area (Å²) in [6, 6.07) is 10.1. The maximum absolute atomic E-state index is 12.8. The molecule has 0 fully saturated rings. The molecule has 148 valence electrons. The van der Waals surface area contributed by atoms with Crippen LogP contribution in [0.1, 0.15) is 31.1 Å². The lowest BCUT2D eigenvalue weighted by molar-refractivity contribution is -0.117. The van der Waals surface area contributed by atoms with E-state index in [4.69, 9.17) is 10.5 Å². The molecule has 3 rings (SSSR count). The molecule has 0 atom stereocenters. The average Bonchev–Trinajstić information content (AvgIpc) is 2.59. The molecule has 0 aromatic heterocycles. The minimum absolute atomic E-state index is 0.0141. The third-order valence-electron chi connectivity index (χ3n) is 4.26. The molecule has 1 aliphatic heterocycles. The SMILES string of the molecule is CC(=O)N1CC(C)(C)Oc2ccc(S(=O)(=O)Nc3ccc(C(N)=O)cc3)cc21. The number of rotatable bonds is 4. The molecule has 0 saturated heterocycles. The van der Waals surface area contributed by atoms with Crippen LogP contribution in [-0.2, 0) is 14.8 Å². The summed E-state index contributed by atoms with van der Waals surface area (Å²) in [6.07, 6.45) is 0. The van der Waals surface area contributed by atoms with Crippen LogP contribution in [0, 0.1) is 0 Å². The number of carbonyl (C=O) groups excluding carboxylic acids is 2. The van der Waals surface area contributed by atoms with Crippen molar-refractivity contribution in [2.75, 3.05) is 16.2 Å². The lowest BCUT2D eigenvalue weighted by Gasteiger charge is -2.39. The summed E-state index contributed by atoms with van der Waals surface area (Å²) in [5.74, 6) is -0.366. The quantitative estimate of drug-likeness (QED) is 0.810. The van der Waals surface area contributed by atoms with Crippen LogP contribution in [0.5, 0.6) is 5.75 Å². The number of sulfonamides is 1. The van der Waals surface area contributed by atoms with Gasteiger partial charge in [-0.05, 0) is 56.3 Å². The molecule has 8 nitrogen and oxygen atoms in total. The van der Waals surface area contributed by atoms with E-state index in [0.717, 1.165) is 0 Å². The first-order chi connectivity index (χ1) is 13.0. The molecule has 28 heavy (non-hydrogen) atoms. The van der Waals surface area contributed by atoms with Crippen molar-refractivity contribution in [2.45, 2.75) is 31.3 Å². The van der Waals surface area contributed by atoms with Crippen molar-refractivity contribution in [1.82, 2.24) is 0 Å². The van der Waals surface area contributed by atoms with Crippen molar-refractivity contribution in [3.05, 3.63) is 48.0 Å². The molecule has 0 bridgehead atoms. The van der Waals surface area contributed by atoms with Crippen LogP contribution < -0.4 is 20.1 Å². The van der Waals surface area contributed by atoms with E-state index < -0.39 is 21.5 Å². The van der Waals surface area contributed by atoms with Crippen molar-refractivity contribution < 1.29 is 22.7 Å². The minimum atomic E-state index is -3.92. The molecule has 0 saturated carbocycles. The van der Waals surface area contributed by atoms with Gasteiger partial charge in [0.15, 0.2) is 0 Å². The normalized spacial score (nSPS) is 15.3. The highest BCUT2D eigenvalue weighted by molar-refractivity contribution is 7.92. The summed E-state index contributed by atoms with van der Waals surface area (Å²) in [7, 11) is -3.92. The Labute approximate surface area is 163 Å². The number of fused-ring (bicyclic) bond motifs is 1. The van der Waals surface area contributed by atoms with Gasteiger partial charge in [-0.1, -0.05) is 0 Å². The minimum Gasteiger partial charge on any atom is -0.484 e. The van der Waals surface area contributed by atoms with Crippen LogP contribution in [0.3, 0.4) is 0 Å². The van der Waals surface area contributed by atoms with Crippen molar-refractivity contribution in [1.29, 1.82) is 0 Å². The summed E-state index contributed by atoms with van der Waals surface area (Å²) in [4.78, 5) is 24.7. The highest BCUT2D eigenvalue weighted by Gasteiger charge is 2.34. The average molecular weight is 403 g/mol. The summed E-state index contributed by atoms with van der Waals surface area (Å²) in [5.41, 5.74) is 5.55. The predicted molar refractivity (Wildman–Crippen MR) is 105 cm³/mol. The molecule has 2 amide bonds. The molecular formula is C19H21N3O5S. The molecule has 1 heterocycles. The highest BCUT2D eigenvalue weighted by atomic mass is 32.2. The van der Waals surface area contributed by atoms with Crippen molar-refractivity contribution >= 4 is 33.2 Å². The van der Waals surface area contributed by atoms with Crippen LogP contribution in [0.2, 0.25) is 0 Å². The zero-order valence-electron chi connectivity index (χ0n) is 15.7. The van der Waals surface area contributed by atoms with Gasteiger partial charge in [-0.3, -0.25) is 14.3 Å². The zero-order chi connectivity index (χ0) is 20.7. The third kappa shape index (κ3) is 3.94. The van der Waals surface area contributed by atoms with Crippen molar-refractivity contribution in [2.24, 2.45) is 5.73 Å². The third-order valence-corrected chi connectivity index (χ3v) is 5.64. The second-order valence-corrected chi connectivity index (χ2v) is 8.83. The number of ether oxygens (including phenoxy) is 1. The first-order valence-corrected chi connectivity index (χ1v) is 10.0. The van der Waals surface area contributed by atoms with Gasteiger partial charge >= 0.3 is 0 Å². The number of hydrogen-bond donors (Lipinski definition) is 2. The van der Waals surface area contributed by atoms with Gasteiger partial charge in [0.2, 0.25) is 11.8 Å². The molecule has 1 aliphatic rings. The fourth-order valence-electron chi connectivity index (χ4n) is 2.96. The molecule has 9 heteroatoms. The zero-order valence-corrected chi connectivity index (χ0v) is 16.5. The molecule has 0 radical (unpaired) electrons. The van der Waals surface area contributed by atoms with Gasteiger partial charge in [-0.2, -0.15) is 0 Å². The number of primary amides is 1. The Kier molecular flexibility index (Phi) is 4.80. The topological polar surface area (TPSA) is 119 Å². The molecule has 2 aromatic rings. The fourth-order valence-corrected chi connectivity index (χ4v) is 4.03. The number of benzene rings is 2. The van der Waals surface area contributed by atoms with Gasteiger partial charge in [0, 0.05) is 18.2 Å². The number of amides is 2. The van der Waals surface area contributed by atoms with Crippen LogP contribution in [0.15, 0.2) is 47.4 Å². The summed E-state index contributed by atoms with van der Waals surface area (Å²) in [6.45, 7) is 5.44. The highest BCUT2D eigenvalue weighted by Crippen LogP contribution is 2.38. The Hall–Kier alpha value is -3.07. The number of carbonyl (C=O) groups is 2. The first-order valence-electron chi connectivity index (χ1n) is 8.52. The van der Waals surface area contributed by atoms with Crippen LogP contribution in [0.4, 0.5) is 11.4 Å². The van der Waals surface area contributed by atoms with Crippen molar-refractivity contribution in [3.63, 3.8) is 0 Å². The number of nitrogens with two attached hydrogens (primary N) is 1. The number of nitrogens with one attached hydrogen (secondary N) is 1. The summed E-state index contributed by atoms with van der Waals surface area (Å²) < 4.78 is 33.8. The van der Waals surface area contributed by atoms with E-state index in [2.05, 4.69) is 4.72 Å². The van der Waals surface area contributed by atoms with E-state index >= 15 is 0 Å². The Bertz CT molecular complexity index is 1050. The second-order valence-electron chi connectivity index (χ2n) is 7.14. The summed E-state index contributed by atoms with van der Waals surface area (Å²) in [5, 5.41) is 0. The molecular weight excluding hydrogens is 382 g/mol. The molecule has 3 N–H and O–H groups in total. The lowest BCUT2D eigenvalue weighted by Crippen LogP contribution is -2.48. The predicted octanol–water partition coefficient (Wildman–Crippen LogP) is 2.11. The van der Waals surface area contributed by atoms with E-state index in [1.807, 2.05) is 13.8 Å². The molecule has 2 aromatic carbocycles. The second kappa shape index (κ2) is 6.83. The van der Waals surface area contributed by atoms with Gasteiger partial charge in [0.25, 0.3) is 10.0 Å². The standard InChI is InChI=1S/C19H21N3O5S/c1-12(23)22-11-19(2,3)27-17-9-8-15(10-16(17)22)28(25,26)21-14-6-4-13(5-7-14)18(20)24/h4-10,21H,11H2,1-3H3,(H2,20,24). The smallest absolute Gasteiger partial charge is 0.261 e. The van der Waals surface area contributed by atoms with Gasteiger partial charge in [0.1, 0.15) is 11.4 Å². The Morgan fingerprint density at radius 2 is 1.79 bits per heavy atom. The monoisotopic (exact) mass is 403 g/mol. The van der Waals surface area contributed by atoms with E-state index in [-0.39, 0.29) is 22.1 Å². The first kappa shape index (κ1) is 19.7. The van der Waals surface area contributed by atoms with E-state index in [1.165, 1.54) is 54.3 Å². The van der Waals surface area contributed by atoms with Crippen molar-refractivity contribution in [3.8, 4) is 5.75 Å². The number of anilines is 2. The molecule has 0 unspecified atom stereocenters. The van der Waals surface area contributed by atoms with Crippen LogP contribution in [-0.4, -0.2) is 32.4 Å². The van der Waals surface area contributed by atoms with Gasteiger partial charge in [0.05, 0.1) is 17.1 Å². The maximum Gasteiger partial charge on any atom is 0.261 e.